The standard InChI is InChI=1S/C22H24O/c1-4-15-22(3)20(18-13-9-6-10-14-18)19(16(2)21(22)23)17-11-7-5-8-12-17/h4-14,16,19-20H,1,15H2,2-3H3/t16-,19+,20+,22+/m0/s1. The number of ketones is 1. The lowest BCUT2D eigenvalue weighted by molar-refractivity contribution is -0.128. The highest BCUT2D eigenvalue weighted by Gasteiger charge is 2.55. The summed E-state index contributed by atoms with van der Waals surface area (Å²) in [6.07, 6.45) is 2.62. The second-order valence-electron chi connectivity index (χ2n) is 6.89. The molecule has 0 aliphatic heterocycles. The third-order valence-electron chi connectivity index (χ3n) is 5.47. The van der Waals surface area contributed by atoms with E-state index in [4.69, 9.17) is 0 Å². The zero-order valence-electron chi connectivity index (χ0n) is 13.9. The largest absolute Gasteiger partial charge is 0.299 e. The number of Topliss-reactive ketones (excluding diaryl/α,β-unsaturated/α-hetero) is 1. The van der Waals surface area contributed by atoms with Gasteiger partial charge in [-0.15, -0.1) is 6.58 Å². The van der Waals surface area contributed by atoms with Crippen molar-refractivity contribution in [3.8, 4) is 0 Å². The van der Waals surface area contributed by atoms with E-state index in [0.29, 0.717) is 5.78 Å². The van der Waals surface area contributed by atoms with Crippen LogP contribution in [0.3, 0.4) is 0 Å². The fourth-order valence-electron chi connectivity index (χ4n) is 4.44. The first-order valence-electron chi connectivity index (χ1n) is 8.34. The molecule has 4 atom stereocenters. The number of hydrogen-bond donors (Lipinski definition) is 0. The van der Waals surface area contributed by atoms with E-state index in [-0.39, 0.29) is 23.2 Å². The molecule has 23 heavy (non-hydrogen) atoms. The molecule has 0 unspecified atom stereocenters. The maximum Gasteiger partial charge on any atom is 0.143 e. The molecule has 1 heteroatoms. The summed E-state index contributed by atoms with van der Waals surface area (Å²) in [6, 6.07) is 21.0. The first-order valence-corrected chi connectivity index (χ1v) is 8.34. The van der Waals surface area contributed by atoms with Gasteiger partial charge in [-0.25, -0.2) is 0 Å². The van der Waals surface area contributed by atoms with Crippen molar-refractivity contribution in [1.29, 1.82) is 0 Å². The number of carbonyl (C=O) groups is 1. The van der Waals surface area contributed by atoms with Crippen LogP contribution in [0.4, 0.5) is 0 Å². The lowest BCUT2D eigenvalue weighted by atomic mass is 9.69. The molecule has 3 rings (SSSR count). The van der Waals surface area contributed by atoms with Crippen molar-refractivity contribution < 1.29 is 4.79 Å². The molecule has 1 nitrogen and oxygen atoms in total. The lowest BCUT2D eigenvalue weighted by Gasteiger charge is -2.33. The van der Waals surface area contributed by atoms with E-state index in [9.17, 15) is 4.79 Å². The van der Waals surface area contributed by atoms with E-state index in [1.807, 2.05) is 18.2 Å². The Morgan fingerprint density at radius 3 is 2.04 bits per heavy atom. The minimum atomic E-state index is -0.386. The molecule has 1 aliphatic rings. The second kappa shape index (κ2) is 6.16. The van der Waals surface area contributed by atoms with Gasteiger partial charge in [0, 0.05) is 23.2 Å². The van der Waals surface area contributed by atoms with Crippen LogP contribution in [0.1, 0.15) is 43.2 Å². The molecule has 118 valence electrons. The summed E-state index contributed by atoms with van der Waals surface area (Å²) < 4.78 is 0. The Morgan fingerprint density at radius 2 is 1.52 bits per heavy atom. The van der Waals surface area contributed by atoms with Crippen molar-refractivity contribution in [2.75, 3.05) is 0 Å². The van der Waals surface area contributed by atoms with Crippen LogP contribution < -0.4 is 0 Å². The van der Waals surface area contributed by atoms with E-state index < -0.39 is 0 Å². The quantitative estimate of drug-likeness (QED) is 0.695. The van der Waals surface area contributed by atoms with Gasteiger partial charge in [-0.2, -0.15) is 0 Å². The molecule has 0 radical (unpaired) electrons. The normalized spacial score (nSPS) is 30.3. The van der Waals surface area contributed by atoms with Crippen LogP contribution in [-0.4, -0.2) is 5.78 Å². The van der Waals surface area contributed by atoms with Gasteiger partial charge in [-0.3, -0.25) is 4.79 Å². The summed E-state index contributed by atoms with van der Waals surface area (Å²) >= 11 is 0. The van der Waals surface area contributed by atoms with Crippen molar-refractivity contribution in [1.82, 2.24) is 0 Å². The van der Waals surface area contributed by atoms with Crippen molar-refractivity contribution in [2.45, 2.75) is 32.1 Å². The Kier molecular flexibility index (Phi) is 4.21. The van der Waals surface area contributed by atoms with Gasteiger partial charge in [0.15, 0.2) is 0 Å². The van der Waals surface area contributed by atoms with Crippen LogP contribution in [0.5, 0.6) is 0 Å². The topological polar surface area (TPSA) is 17.1 Å². The van der Waals surface area contributed by atoms with Crippen molar-refractivity contribution in [2.24, 2.45) is 11.3 Å². The van der Waals surface area contributed by atoms with E-state index in [0.717, 1.165) is 6.42 Å². The summed E-state index contributed by atoms with van der Waals surface area (Å²) in [5.74, 6) is 0.787. The molecule has 0 saturated heterocycles. The van der Waals surface area contributed by atoms with Crippen LogP contribution in [0.15, 0.2) is 73.3 Å². The van der Waals surface area contributed by atoms with Crippen LogP contribution in [0.25, 0.3) is 0 Å². The minimum Gasteiger partial charge on any atom is -0.299 e. The SMILES string of the molecule is C=CC[C@@]1(C)C(=O)[C@@H](C)[C@H](c2ccccc2)[C@H]1c1ccccc1. The molecule has 0 aromatic heterocycles. The maximum atomic E-state index is 13.1. The number of allylic oxidation sites excluding steroid dienone is 1. The highest BCUT2D eigenvalue weighted by molar-refractivity contribution is 5.92. The molecular weight excluding hydrogens is 280 g/mol. The molecule has 2 aromatic carbocycles. The Labute approximate surface area is 139 Å². The molecule has 0 spiro atoms. The molecule has 1 fully saturated rings. The Balaban J connectivity index is 2.17. The van der Waals surface area contributed by atoms with Crippen LogP contribution >= 0.6 is 0 Å². The average molecular weight is 304 g/mol. The van der Waals surface area contributed by atoms with E-state index in [1.54, 1.807) is 0 Å². The highest BCUT2D eigenvalue weighted by atomic mass is 16.1. The Morgan fingerprint density at radius 1 is 1.00 bits per heavy atom. The van der Waals surface area contributed by atoms with Crippen molar-refractivity contribution in [3.05, 3.63) is 84.4 Å². The van der Waals surface area contributed by atoms with E-state index in [1.165, 1.54) is 11.1 Å². The molecule has 0 bridgehead atoms. The number of rotatable bonds is 4. The third kappa shape index (κ3) is 2.55. The van der Waals surface area contributed by atoms with Crippen molar-refractivity contribution in [3.63, 3.8) is 0 Å². The van der Waals surface area contributed by atoms with Gasteiger partial charge in [0.25, 0.3) is 0 Å². The predicted octanol–water partition coefficient (Wildman–Crippen LogP) is 5.36. The monoisotopic (exact) mass is 304 g/mol. The minimum absolute atomic E-state index is 0.0209. The fourth-order valence-corrected chi connectivity index (χ4v) is 4.44. The van der Waals surface area contributed by atoms with Crippen molar-refractivity contribution >= 4 is 5.78 Å². The first kappa shape index (κ1) is 15.7. The molecule has 2 aromatic rings. The number of hydrogen-bond acceptors (Lipinski definition) is 1. The number of benzene rings is 2. The summed E-state index contributed by atoms with van der Waals surface area (Å²) in [4.78, 5) is 13.1. The van der Waals surface area contributed by atoms with Gasteiger partial charge in [0.1, 0.15) is 5.78 Å². The maximum absolute atomic E-state index is 13.1. The lowest BCUT2D eigenvalue weighted by Crippen LogP contribution is -2.29. The second-order valence-corrected chi connectivity index (χ2v) is 6.89. The van der Waals surface area contributed by atoms with Crippen LogP contribution in [0, 0.1) is 11.3 Å². The van der Waals surface area contributed by atoms with E-state index >= 15 is 0 Å². The number of carbonyl (C=O) groups excluding carboxylic acids is 1. The van der Waals surface area contributed by atoms with Crippen LogP contribution in [-0.2, 0) is 4.79 Å². The zero-order chi connectivity index (χ0) is 16.4. The molecule has 0 heterocycles. The molecule has 1 aliphatic carbocycles. The zero-order valence-corrected chi connectivity index (χ0v) is 13.9. The summed E-state index contributed by atoms with van der Waals surface area (Å²) in [7, 11) is 0. The molecule has 1 saturated carbocycles. The fraction of sp³-hybridized carbons (Fsp3) is 0.318. The third-order valence-corrected chi connectivity index (χ3v) is 5.47. The van der Waals surface area contributed by atoms with Gasteiger partial charge in [-0.1, -0.05) is 80.6 Å². The van der Waals surface area contributed by atoms with Gasteiger partial charge in [0.2, 0.25) is 0 Å². The van der Waals surface area contributed by atoms with E-state index in [2.05, 4.69) is 69.0 Å². The van der Waals surface area contributed by atoms with Gasteiger partial charge in [0.05, 0.1) is 0 Å². The Hall–Kier alpha value is -2.15. The highest BCUT2D eigenvalue weighted by Crippen LogP contribution is 2.58. The molecule has 0 N–H and O–H groups in total. The predicted molar refractivity (Wildman–Crippen MR) is 95.5 cm³/mol. The summed E-state index contributed by atoms with van der Waals surface area (Å²) in [5.41, 5.74) is 2.13. The van der Waals surface area contributed by atoms with Crippen LogP contribution in [0.2, 0.25) is 0 Å². The smallest absolute Gasteiger partial charge is 0.143 e. The molecule has 0 amide bonds. The average Bonchev–Trinajstić information content (AvgIpc) is 2.78. The molecular formula is C22H24O. The summed E-state index contributed by atoms with van der Waals surface area (Å²) in [6.45, 7) is 8.11. The first-order chi connectivity index (χ1) is 11.1. The van der Waals surface area contributed by atoms with Gasteiger partial charge < -0.3 is 0 Å². The van der Waals surface area contributed by atoms with Gasteiger partial charge >= 0.3 is 0 Å². The van der Waals surface area contributed by atoms with Gasteiger partial charge in [-0.05, 0) is 17.5 Å². The Bertz CT molecular complexity index is 688. The summed E-state index contributed by atoms with van der Waals surface area (Å²) in [5, 5.41) is 0.